The van der Waals surface area contributed by atoms with E-state index in [0.717, 1.165) is 10.1 Å². The summed E-state index contributed by atoms with van der Waals surface area (Å²) < 4.78 is 6.48. The first-order chi connectivity index (χ1) is 9.08. The number of hydrogen-bond donors (Lipinski definition) is 0. The average molecular weight is 369 g/mol. The van der Waals surface area contributed by atoms with E-state index in [4.69, 9.17) is 4.74 Å². The second-order valence-corrected chi connectivity index (χ2v) is 6.48. The molecular formula is C15H16INO2. The number of ether oxygens (including phenoxy) is 1. The van der Waals surface area contributed by atoms with Gasteiger partial charge < -0.3 is 4.74 Å². The maximum absolute atomic E-state index is 12.1. The highest BCUT2D eigenvalue weighted by molar-refractivity contribution is 14.1. The molecule has 0 N–H and O–H groups in total. The number of amides is 1. The van der Waals surface area contributed by atoms with Gasteiger partial charge in [0.2, 0.25) is 0 Å². The molecule has 0 bridgehead atoms. The Bertz CT molecular complexity index is 553. The number of allylic oxidation sites excluding steroid dienone is 1. The van der Waals surface area contributed by atoms with Crippen LogP contribution in [0.4, 0.5) is 4.79 Å². The van der Waals surface area contributed by atoms with Crippen LogP contribution in [-0.2, 0) is 11.2 Å². The van der Waals surface area contributed by atoms with Gasteiger partial charge in [-0.1, -0.05) is 44.2 Å². The summed E-state index contributed by atoms with van der Waals surface area (Å²) in [6.45, 7) is 4.22. The van der Waals surface area contributed by atoms with Gasteiger partial charge in [0.1, 0.15) is 12.1 Å². The Kier molecular flexibility index (Phi) is 3.28. The van der Waals surface area contributed by atoms with Crippen LogP contribution in [0, 0.1) is 5.92 Å². The molecule has 3 nitrogen and oxygen atoms in total. The summed E-state index contributed by atoms with van der Waals surface area (Å²) in [7, 11) is 0. The van der Waals surface area contributed by atoms with Crippen molar-refractivity contribution < 1.29 is 9.53 Å². The van der Waals surface area contributed by atoms with Crippen molar-refractivity contribution in [3.05, 3.63) is 45.2 Å². The smallest absolute Gasteiger partial charge is 0.415 e. The summed E-state index contributed by atoms with van der Waals surface area (Å²) in [4.78, 5) is 13.9. The molecule has 0 unspecified atom stereocenters. The topological polar surface area (TPSA) is 29.5 Å². The molecule has 1 aromatic rings. The van der Waals surface area contributed by atoms with E-state index >= 15 is 0 Å². The Hall–Kier alpha value is -1.04. The van der Waals surface area contributed by atoms with E-state index in [2.05, 4.69) is 54.6 Å². The molecule has 0 radical (unpaired) electrons. The summed E-state index contributed by atoms with van der Waals surface area (Å²) in [6.07, 6.45) is 2.68. The van der Waals surface area contributed by atoms with Gasteiger partial charge >= 0.3 is 6.09 Å². The number of hydrogen-bond acceptors (Lipinski definition) is 2. The fourth-order valence-corrected chi connectivity index (χ4v) is 4.04. The van der Waals surface area contributed by atoms with Crippen LogP contribution < -0.4 is 0 Å². The average Bonchev–Trinajstić information content (AvgIpc) is 2.82. The molecule has 1 heterocycles. The lowest BCUT2D eigenvalue weighted by molar-refractivity contribution is 0.134. The van der Waals surface area contributed by atoms with Gasteiger partial charge in [-0.05, 0) is 39.6 Å². The number of rotatable bonds is 2. The zero-order valence-electron chi connectivity index (χ0n) is 11.0. The Morgan fingerprint density at radius 3 is 2.95 bits per heavy atom. The molecule has 4 heteroatoms. The first-order valence-corrected chi connectivity index (χ1v) is 7.60. The molecule has 1 amide bonds. The molecule has 0 spiro atoms. The van der Waals surface area contributed by atoms with E-state index in [1.807, 2.05) is 12.1 Å². The number of halogens is 1. The minimum Gasteiger partial charge on any atom is -0.443 e. The third kappa shape index (κ3) is 2.16. The van der Waals surface area contributed by atoms with Crippen molar-refractivity contribution in [1.29, 1.82) is 0 Å². The van der Waals surface area contributed by atoms with Crippen LogP contribution in [0.5, 0.6) is 0 Å². The molecule has 2 atom stereocenters. The van der Waals surface area contributed by atoms with Crippen molar-refractivity contribution in [3.8, 4) is 0 Å². The third-order valence-electron chi connectivity index (χ3n) is 3.58. The molecule has 100 valence electrons. The Morgan fingerprint density at radius 1 is 1.47 bits per heavy atom. The van der Waals surface area contributed by atoms with Crippen molar-refractivity contribution in [3.63, 3.8) is 0 Å². The van der Waals surface area contributed by atoms with Crippen LogP contribution >= 0.6 is 22.6 Å². The minimum absolute atomic E-state index is 0.0322. The highest BCUT2D eigenvalue weighted by Crippen LogP contribution is 2.45. The standard InChI is InChI=1S/C15H16INO2/c1-9(2)7-13(16)17-14-11-6-4-3-5-10(11)8-12(14)19-15(17)18/h3-7,9,12,14H,8H2,1-2H3/b13-7+/t12-,14+/m1/s1. The molecule has 0 aromatic heterocycles. The third-order valence-corrected chi connectivity index (χ3v) is 4.45. The van der Waals surface area contributed by atoms with Crippen molar-refractivity contribution in [2.45, 2.75) is 32.4 Å². The van der Waals surface area contributed by atoms with Gasteiger partial charge in [-0.2, -0.15) is 0 Å². The molecule has 19 heavy (non-hydrogen) atoms. The lowest BCUT2D eigenvalue weighted by Gasteiger charge is -2.21. The van der Waals surface area contributed by atoms with Crippen LogP contribution in [0.2, 0.25) is 0 Å². The fraction of sp³-hybridized carbons (Fsp3) is 0.400. The van der Waals surface area contributed by atoms with Gasteiger partial charge in [0.15, 0.2) is 0 Å². The Balaban J connectivity index is 2.00. The van der Waals surface area contributed by atoms with Gasteiger partial charge in [0.05, 0.1) is 3.70 Å². The first kappa shape index (κ1) is 13.0. The predicted octanol–water partition coefficient (Wildman–Crippen LogP) is 4.04. The van der Waals surface area contributed by atoms with E-state index in [0.29, 0.717) is 5.92 Å². The summed E-state index contributed by atoms with van der Waals surface area (Å²) >= 11 is 2.24. The molecule has 0 saturated carbocycles. The van der Waals surface area contributed by atoms with Crippen LogP contribution in [0.3, 0.4) is 0 Å². The Labute approximate surface area is 126 Å². The number of benzene rings is 1. The number of fused-ring (bicyclic) bond motifs is 3. The lowest BCUT2D eigenvalue weighted by atomic mass is 10.1. The van der Waals surface area contributed by atoms with Crippen molar-refractivity contribution in [2.24, 2.45) is 5.92 Å². The SMILES string of the molecule is CC(C)/C=C(\I)N1C(=O)O[C@@H]2Cc3ccccc3[C@@H]21. The zero-order valence-corrected chi connectivity index (χ0v) is 13.1. The summed E-state index contributed by atoms with van der Waals surface area (Å²) in [6, 6.07) is 8.35. The molecule has 2 aliphatic rings. The van der Waals surface area contributed by atoms with E-state index in [1.165, 1.54) is 11.1 Å². The second-order valence-electron chi connectivity index (χ2n) is 5.37. The van der Waals surface area contributed by atoms with Gasteiger partial charge in [-0.15, -0.1) is 0 Å². The monoisotopic (exact) mass is 369 g/mol. The highest BCUT2D eigenvalue weighted by Gasteiger charge is 2.48. The second kappa shape index (κ2) is 4.81. The predicted molar refractivity (Wildman–Crippen MR) is 81.9 cm³/mol. The largest absolute Gasteiger partial charge is 0.443 e. The van der Waals surface area contributed by atoms with Crippen LogP contribution in [0.25, 0.3) is 0 Å². The molecule has 1 fully saturated rings. The maximum atomic E-state index is 12.1. The molecule has 1 aliphatic carbocycles. The highest BCUT2D eigenvalue weighted by atomic mass is 127. The fourth-order valence-electron chi connectivity index (χ4n) is 2.82. The molecule has 1 aliphatic heterocycles. The normalized spacial score (nSPS) is 25.6. The molecule has 3 rings (SSSR count). The van der Waals surface area contributed by atoms with Gasteiger partial charge in [0.25, 0.3) is 0 Å². The van der Waals surface area contributed by atoms with E-state index in [1.54, 1.807) is 4.90 Å². The molecular weight excluding hydrogens is 353 g/mol. The number of carbonyl (C=O) groups is 1. The van der Waals surface area contributed by atoms with Gasteiger partial charge in [-0.25, -0.2) is 4.79 Å². The maximum Gasteiger partial charge on any atom is 0.415 e. The lowest BCUT2D eigenvalue weighted by Crippen LogP contribution is -2.25. The minimum atomic E-state index is -0.217. The first-order valence-electron chi connectivity index (χ1n) is 6.53. The number of carbonyl (C=O) groups excluding carboxylic acids is 1. The van der Waals surface area contributed by atoms with Crippen LogP contribution in [-0.4, -0.2) is 17.1 Å². The number of nitrogens with zero attached hydrogens (tertiary/aromatic N) is 1. The molecule has 1 aromatic carbocycles. The summed E-state index contributed by atoms with van der Waals surface area (Å²) in [5.41, 5.74) is 2.52. The summed E-state index contributed by atoms with van der Waals surface area (Å²) in [5, 5.41) is 0. The van der Waals surface area contributed by atoms with Crippen LogP contribution in [0.1, 0.15) is 31.0 Å². The molecule has 1 saturated heterocycles. The Morgan fingerprint density at radius 2 is 2.21 bits per heavy atom. The summed E-state index contributed by atoms with van der Waals surface area (Å²) in [5.74, 6) is 0.412. The van der Waals surface area contributed by atoms with Crippen molar-refractivity contribution in [2.75, 3.05) is 0 Å². The van der Waals surface area contributed by atoms with E-state index in [9.17, 15) is 4.79 Å². The van der Waals surface area contributed by atoms with Gasteiger partial charge in [-0.3, -0.25) is 4.90 Å². The zero-order chi connectivity index (χ0) is 13.6. The van der Waals surface area contributed by atoms with Crippen LogP contribution in [0.15, 0.2) is 34.0 Å². The quantitative estimate of drug-likeness (QED) is 0.582. The van der Waals surface area contributed by atoms with Crippen molar-refractivity contribution >= 4 is 28.7 Å². The van der Waals surface area contributed by atoms with E-state index in [-0.39, 0.29) is 18.2 Å². The van der Waals surface area contributed by atoms with Gasteiger partial charge in [0, 0.05) is 6.42 Å². The van der Waals surface area contributed by atoms with Crippen molar-refractivity contribution in [1.82, 2.24) is 4.90 Å². The van der Waals surface area contributed by atoms with E-state index < -0.39 is 0 Å².